The Morgan fingerprint density at radius 3 is 2.50 bits per heavy atom. The van der Waals surface area contributed by atoms with Gasteiger partial charge in [-0.05, 0) is 48.5 Å². The van der Waals surface area contributed by atoms with Crippen molar-refractivity contribution < 1.29 is 4.74 Å². The van der Waals surface area contributed by atoms with E-state index in [1.54, 1.807) is 0 Å². The normalized spacial score (nSPS) is 37.7. The summed E-state index contributed by atoms with van der Waals surface area (Å²) in [5.41, 5.74) is 0.888. The van der Waals surface area contributed by atoms with Gasteiger partial charge in [-0.15, -0.1) is 0 Å². The predicted octanol–water partition coefficient (Wildman–Crippen LogP) is 3.46. The Bertz CT molecular complexity index is 287. The van der Waals surface area contributed by atoms with Crippen LogP contribution in [-0.2, 0) is 4.74 Å². The minimum Gasteiger partial charge on any atom is -0.376 e. The van der Waals surface area contributed by atoms with Crippen LogP contribution in [-0.4, -0.2) is 25.8 Å². The predicted molar refractivity (Wildman–Crippen MR) is 76.7 cm³/mol. The molecule has 2 aliphatic carbocycles. The van der Waals surface area contributed by atoms with Crippen molar-refractivity contribution in [3.05, 3.63) is 0 Å². The van der Waals surface area contributed by atoms with Crippen LogP contribution in [0.5, 0.6) is 0 Å². The first-order chi connectivity index (χ1) is 8.38. The van der Waals surface area contributed by atoms with Crippen molar-refractivity contribution in [2.24, 2.45) is 22.7 Å². The minimum absolute atomic E-state index is 0.412. The van der Waals surface area contributed by atoms with E-state index in [1.807, 2.05) is 0 Å². The summed E-state index contributed by atoms with van der Waals surface area (Å²) in [6, 6.07) is 0. The lowest BCUT2D eigenvalue weighted by atomic mass is 9.70. The molecule has 0 spiro atoms. The Labute approximate surface area is 113 Å². The van der Waals surface area contributed by atoms with Crippen molar-refractivity contribution in [1.29, 1.82) is 0 Å². The van der Waals surface area contributed by atoms with E-state index in [9.17, 15) is 0 Å². The molecule has 3 unspecified atom stereocenters. The summed E-state index contributed by atoms with van der Waals surface area (Å²) in [7, 11) is 0. The lowest BCUT2D eigenvalue weighted by molar-refractivity contribution is -0.0450. The fraction of sp³-hybridized carbons (Fsp3) is 1.00. The van der Waals surface area contributed by atoms with Crippen LogP contribution < -0.4 is 5.32 Å². The van der Waals surface area contributed by atoms with E-state index < -0.39 is 0 Å². The number of hydrogen-bond donors (Lipinski definition) is 1. The van der Waals surface area contributed by atoms with Gasteiger partial charge in [-0.3, -0.25) is 0 Å². The van der Waals surface area contributed by atoms with Gasteiger partial charge in [-0.25, -0.2) is 0 Å². The van der Waals surface area contributed by atoms with Gasteiger partial charge in [0.15, 0.2) is 0 Å². The number of hydrogen-bond acceptors (Lipinski definition) is 2. The molecule has 2 bridgehead atoms. The van der Waals surface area contributed by atoms with Crippen LogP contribution in [0.2, 0.25) is 0 Å². The van der Waals surface area contributed by atoms with Gasteiger partial charge in [0.05, 0.1) is 12.7 Å². The van der Waals surface area contributed by atoms with Gasteiger partial charge in [-0.2, -0.15) is 0 Å². The zero-order valence-corrected chi connectivity index (χ0v) is 12.9. The van der Waals surface area contributed by atoms with Crippen LogP contribution in [0.15, 0.2) is 0 Å². The fourth-order valence-electron chi connectivity index (χ4n) is 4.05. The molecule has 1 N–H and O–H groups in total. The molecular weight excluding hydrogens is 222 g/mol. The largest absolute Gasteiger partial charge is 0.376 e. The molecular formula is C16H31NO. The molecule has 0 heterocycles. The van der Waals surface area contributed by atoms with Crippen LogP contribution in [0.3, 0.4) is 0 Å². The number of nitrogens with one attached hydrogen (secondary N) is 1. The van der Waals surface area contributed by atoms with Crippen LogP contribution in [0.1, 0.15) is 53.9 Å². The maximum absolute atomic E-state index is 6.19. The molecule has 0 aliphatic heterocycles. The van der Waals surface area contributed by atoms with Gasteiger partial charge in [0.2, 0.25) is 0 Å². The maximum Gasteiger partial charge on any atom is 0.0637 e. The van der Waals surface area contributed by atoms with Crippen molar-refractivity contribution in [3.8, 4) is 0 Å². The number of rotatable bonds is 6. The molecule has 2 nitrogen and oxygen atoms in total. The molecule has 2 heteroatoms. The molecule has 18 heavy (non-hydrogen) atoms. The smallest absolute Gasteiger partial charge is 0.0637 e. The summed E-state index contributed by atoms with van der Waals surface area (Å²) in [6.45, 7) is 14.8. The van der Waals surface area contributed by atoms with E-state index in [0.29, 0.717) is 16.9 Å². The van der Waals surface area contributed by atoms with E-state index in [1.165, 1.54) is 19.3 Å². The molecule has 0 aromatic carbocycles. The molecule has 2 aliphatic rings. The lowest BCUT2D eigenvalue weighted by Crippen LogP contribution is -2.38. The van der Waals surface area contributed by atoms with E-state index in [-0.39, 0.29) is 0 Å². The second kappa shape index (κ2) is 5.13. The second-order valence-electron chi connectivity index (χ2n) is 7.57. The molecule has 106 valence electrons. The van der Waals surface area contributed by atoms with E-state index in [4.69, 9.17) is 4.74 Å². The highest BCUT2D eigenvalue weighted by atomic mass is 16.5. The maximum atomic E-state index is 6.19. The summed E-state index contributed by atoms with van der Waals surface area (Å²) < 4.78 is 6.19. The third-order valence-corrected chi connectivity index (χ3v) is 5.86. The van der Waals surface area contributed by atoms with E-state index >= 15 is 0 Å². The highest BCUT2D eigenvalue weighted by Crippen LogP contribution is 2.66. The summed E-state index contributed by atoms with van der Waals surface area (Å²) in [4.78, 5) is 0. The second-order valence-corrected chi connectivity index (χ2v) is 7.57. The van der Waals surface area contributed by atoms with Crippen LogP contribution >= 0.6 is 0 Å². The van der Waals surface area contributed by atoms with Gasteiger partial charge in [0.25, 0.3) is 0 Å². The molecule has 0 radical (unpaired) electrons. The highest BCUT2D eigenvalue weighted by molar-refractivity contribution is 5.11. The number of fused-ring (bicyclic) bond motifs is 2. The van der Waals surface area contributed by atoms with E-state index in [0.717, 1.165) is 31.5 Å². The van der Waals surface area contributed by atoms with Crippen LogP contribution in [0.25, 0.3) is 0 Å². The van der Waals surface area contributed by atoms with Gasteiger partial charge >= 0.3 is 0 Å². The summed E-state index contributed by atoms with van der Waals surface area (Å²) >= 11 is 0. The molecule has 0 aromatic rings. The summed E-state index contributed by atoms with van der Waals surface area (Å²) in [5, 5.41) is 3.46. The third-order valence-electron chi connectivity index (χ3n) is 5.86. The first-order valence-electron chi connectivity index (χ1n) is 7.70. The minimum atomic E-state index is 0.412. The summed E-state index contributed by atoms with van der Waals surface area (Å²) in [6.07, 6.45) is 4.55. The van der Waals surface area contributed by atoms with Crippen molar-refractivity contribution in [1.82, 2.24) is 5.32 Å². The standard InChI is InChI=1S/C16H31NO/c1-12(2)11-17-8-9-18-14-10-13-6-7-16(14,5)15(13,3)4/h12-14,17H,6-11H2,1-5H3. The molecule has 2 rings (SSSR count). The molecule has 2 saturated carbocycles. The molecule has 0 saturated heterocycles. The Hall–Kier alpha value is -0.0800. The highest BCUT2D eigenvalue weighted by Gasteiger charge is 2.61. The van der Waals surface area contributed by atoms with Crippen LogP contribution in [0.4, 0.5) is 0 Å². The average molecular weight is 253 g/mol. The van der Waals surface area contributed by atoms with Gasteiger partial charge in [0, 0.05) is 6.54 Å². The Kier molecular flexibility index (Phi) is 4.08. The van der Waals surface area contributed by atoms with Gasteiger partial charge < -0.3 is 10.1 Å². The molecule has 2 fully saturated rings. The molecule has 0 aromatic heterocycles. The molecule has 0 amide bonds. The van der Waals surface area contributed by atoms with Crippen LogP contribution in [0, 0.1) is 22.7 Å². The molecule has 3 atom stereocenters. The Balaban J connectivity index is 1.75. The van der Waals surface area contributed by atoms with E-state index in [2.05, 4.69) is 39.9 Å². The number of ether oxygens (including phenoxy) is 1. The topological polar surface area (TPSA) is 21.3 Å². The Morgan fingerprint density at radius 1 is 1.28 bits per heavy atom. The quantitative estimate of drug-likeness (QED) is 0.732. The first kappa shape index (κ1) is 14.3. The van der Waals surface area contributed by atoms with Crippen molar-refractivity contribution >= 4 is 0 Å². The Morgan fingerprint density at radius 2 is 2.00 bits per heavy atom. The third kappa shape index (κ3) is 2.34. The monoisotopic (exact) mass is 253 g/mol. The lowest BCUT2D eigenvalue weighted by Gasteiger charge is -2.39. The van der Waals surface area contributed by atoms with Gasteiger partial charge in [-0.1, -0.05) is 34.6 Å². The zero-order chi connectivity index (χ0) is 13.4. The zero-order valence-electron chi connectivity index (χ0n) is 12.9. The summed E-state index contributed by atoms with van der Waals surface area (Å²) in [5.74, 6) is 1.61. The first-order valence-corrected chi connectivity index (χ1v) is 7.70. The SMILES string of the molecule is CC(C)CNCCOC1CC2CCC1(C)C2(C)C. The van der Waals surface area contributed by atoms with Gasteiger partial charge in [0.1, 0.15) is 0 Å². The average Bonchev–Trinajstić information content (AvgIpc) is 2.61. The van der Waals surface area contributed by atoms with Crippen molar-refractivity contribution in [2.75, 3.05) is 19.7 Å². The van der Waals surface area contributed by atoms with Crippen molar-refractivity contribution in [3.63, 3.8) is 0 Å². The van der Waals surface area contributed by atoms with Crippen molar-refractivity contribution in [2.45, 2.75) is 60.0 Å². The fourth-order valence-corrected chi connectivity index (χ4v) is 4.05.